The van der Waals surface area contributed by atoms with E-state index in [-0.39, 0.29) is 0 Å². The van der Waals surface area contributed by atoms with Crippen molar-refractivity contribution in [3.05, 3.63) is 12.2 Å². The molecule has 10 heavy (non-hydrogen) atoms. The van der Waals surface area contributed by atoms with E-state index in [2.05, 4.69) is 11.4 Å². The standard InChI is InChI=1S/C6H12N2O2/c1-5(2)3-4-10-8-6(7)9/h1,3-4H2,2H3,(H3,7,8,9). The number of hydrogen-bond acceptors (Lipinski definition) is 2. The average molecular weight is 144 g/mol. The number of amides is 2. The Morgan fingerprint density at radius 2 is 2.40 bits per heavy atom. The van der Waals surface area contributed by atoms with Gasteiger partial charge in [-0.15, -0.1) is 6.58 Å². The summed E-state index contributed by atoms with van der Waals surface area (Å²) in [4.78, 5) is 14.6. The highest BCUT2D eigenvalue weighted by Gasteiger charge is 1.90. The highest BCUT2D eigenvalue weighted by molar-refractivity contribution is 5.70. The normalized spacial score (nSPS) is 8.90. The van der Waals surface area contributed by atoms with E-state index >= 15 is 0 Å². The molecule has 0 aromatic rings. The lowest BCUT2D eigenvalue weighted by atomic mass is 10.3. The summed E-state index contributed by atoms with van der Waals surface area (Å²) in [5.74, 6) is 0. The summed E-state index contributed by atoms with van der Waals surface area (Å²) in [6.07, 6.45) is 0.722. The van der Waals surface area contributed by atoms with Gasteiger partial charge in [-0.1, -0.05) is 5.57 Å². The van der Waals surface area contributed by atoms with Crippen molar-refractivity contribution in [1.29, 1.82) is 0 Å². The quantitative estimate of drug-likeness (QED) is 0.344. The van der Waals surface area contributed by atoms with E-state index in [1.165, 1.54) is 0 Å². The first-order valence-electron chi connectivity index (χ1n) is 2.94. The van der Waals surface area contributed by atoms with Crippen molar-refractivity contribution in [2.24, 2.45) is 5.73 Å². The van der Waals surface area contributed by atoms with E-state index in [1.54, 1.807) is 0 Å². The van der Waals surface area contributed by atoms with Crippen molar-refractivity contribution < 1.29 is 9.63 Å². The van der Waals surface area contributed by atoms with Gasteiger partial charge in [0, 0.05) is 0 Å². The van der Waals surface area contributed by atoms with Gasteiger partial charge in [0.15, 0.2) is 0 Å². The molecule has 0 aromatic heterocycles. The molecule has 0 spiro atoms. The SMILES string of the molecule is C=C(C)CCONC(N)=O. The summed E-state index contributed by atoms with van der Waals surface area (Å²) in [6.45, 7) is 5.95. The Bertz CT molecular complexity index is 118. The number of carbonyl (C=O) groups is 1. The summed E-state index contributed by atoms with van der Waals surface area (Å²) in [6, 6.07) is -0.679. The number of hydrogen-bond donors (Lipinski definition) is 2. The van der Waals surface area contributed by atoms with Crippen molar-refractivity contribution in [3.63, 3.8) is 0 Å². The largest absolute Gasteiger partial charge is 0.350 e. The maximum Gasteiger partial charge on any atom is 0.336 e. The Kier molecular flexibility index (Phi) is 4.32. The molecule has 0 aliphatic heterocycles. The molecule has 0 unspecified atom stereocenters. The molecular formula is C6H12N2O2. The van der Waals surface area contributed by atoms with E-state index in [1.807, 2.05) is 12.4 Å². The number of carbonyl (C=O) groups excluding carboxylic acids is 1. The van der Waals surface area contributed by atoms with Gasteiger partial charge >= 0.3 is 6.03 Å². The van der Waals surface area contributed by atoms with Gasteiger partial charge < -0.3 is 5.73 Å². The van der Waals surface area contributed by atoms with Crippen LogP contribution in [0.2, 0.25) is 0 Å². The van der Waals surface area contributed by atoms with Crippen LogP contribution in [-0.2, 0) is 4.84 Å². The molecule has 0 aliphatic carbocycles. The molecule has 0 bridgehead atoms. The fraction of sp³-hybridized carbons (Fsp3) is 0.500. The van der Waals surface area contributed by atoms with Gasteiger partial charge in [0.05, 0.1) is 6.61 Å². The van der Waals surface area contributed by atoms with Crippen LogP contribution in [0.5, 0.6) is 0 Å². The summed E-state index contributed by atoms with van der Waals surface area (Å²) in [7, 11) is 0. The van der Waals surface area contributed by atoms with Crippen molar-refractivity contribution in [2.75, 3.05) is 6.61 Å². The zero-order chi connectivity index (χ0) is 7.98. The second-order valence-electron chi connectivity index (χ2n) is 2.02. The third kappa shape index (κ3) is 6.97. The molecule has 0 saturated heterocycles. The molecule has 0 aliphatic rings. The summed E-state index contributed by atoms with van der Waals surface area (Å²) >= 11 is 0. The molecule has 4 heteroatoms. The van der Waals surface area contributed by atoms with Gasteiger partial charge in [-0.25, -0.2) is 10.3 Å². The Labute approximate surface area is 60.0 Å². The number of nitrogens with one attached hydrogen (secondary N) is 1. The van der Waals surface area contributed by atoms with Crippen LogP contribution in [0, 0.1) is 0 Å². The van der Waals surface area contributed by atoms with Gasteiger partial charge in [0.2, 0.25) is 0 Å². The zero-order valence-corrected chi connectivity index (χ0v) is 6.02. The Balaban J connectivity index is 3.06. The Morgan fingerprint density at radius 1 is 1.80 bits per heavy atom. The molecule has 0 saturated carbocycles. The highest BCUT2D eigenvalue weighted by atomic mass is 16.7. The minimum absolute atomic E-state index is 0.415. The lowest BCUT2D eigenvalue weighted by Gasteiger charge is -2.01. The van der Waals surface area contributed by atoms with Crippen LogP contribution >= 0.6 is 0 Å². The smallest absolute Gasteiger partial charge is 0.336 e. The van der Waals surface area contributed by atoms with Crippen LogP contribution in [0.15, 0.2) is 12.2 Å². The van der Waals surface area contributed by atoms with Crippen LogP contribution in [0.25, 0.3) is 0 Å². The maximum absolute atomic E-state index is 10.0. The molecule has 0 rings (SSSR count). The maximum atomic E-state index is 10.0. The van der Waals surface area contributed by atoms with Crippen LogP contribution in [-0.4, -0.2) is 12.6 Å². The number of primary amides is 1. The monoisotopic (exact) mass is 144 g/mol. The lowest BCUT2D eigenvalue weighted by Crippen LogP contribution is -2.29. The van der Waals surface area contributed by atoms with Crippen molar-refractivity contribution in [2.45, 2.75) is 13.3 Å². The first-order chi connectivity index (χ1) is 4.63. The molecular weight excluding hydrogens is 132 g/mol. The Morgan fingerprint density at radius 3 is 2.80 bits per heavy atom. The minimum Gasteiger partial charge on any atom is -0.350 e. The first kappa shape index (κ1) is 8.97. The average Bonchev–Trinajstić information content (AvgIpc) is 1.79. The highest BCUT2D eigenvalue weighted by Crippen LogP contribution is 1.92. The van der Waals surface area contributed by atoms with E-state index in [9.17, 15) is 4.79 Å². The van der Waals surface area contributed by atoms with Crippen LogP contribution in [0.1, 0.15) is 13.3 Å². The minimum atomic E-state index is -0.679. The number of hydroxylamine groups is 1. The molecule has 2 amide bonds. The molecule has 0 atom stereocenters. The summed E-state index contributed by atoms with van der Waals surface area (Å²) < 4.78 is 0. The molecule has 58 valence electrons. The second kappa shape index (κ2) is 4.81. The zero-order valence-electron chi connectivity index (χ0n) is 6.02. The summed E-state index contributed by atoms with van der Waals surface area (Å²) in [5, 5.41) is 0. The fourth-order valence-corrected chi connectivity index (χ4v) is 0.347. The topological polar surface area (TPSA) is 64.3 Å². The second-order valence-corrected chi connectivity index (χ2v) is 2.02. The van der Waals surface area contributed by atoms with Gasteiger partial charge in [-0.05, 0) is 13.3 Å². The fourth-order valence-electron chi connectivity index (χ4n) is 0.347. The third-order valence-corrected chi connectivity index (χ3v) is 0.804. The van der Waals surface area contributed by atoms with Crippen LogP contribution in [0.3, 0.4) is 0 Å². The van der Waals surface area contributed by atoms with E-state index in [4.69, 9.17) is 5.73 Å². The molecule has 4 nitrogen and oxygen atoms in total. The van der Waals surface area contributed by atoms with Crippen molar-refractivity contribution in [1.82, 2.24) is 5.48 Å². The van der Waals surface area contributed by atoms with Crippen molar-refractivity contribution in [3.8, 4) is 0 Å². The molecule has 0 heterocycles. The Hall–Kier alpha value is -1.03. The molecule has 0 aromatic carbocycles. The van der Waals surface area contributed by atoms with E-state index in [0.29, 0.717) is 6.61 Å². The van der Waals surface area contributed by atoms with Gasteiger partial charge in [0.1, 0.15) is 0 Å². The predicted octanol–water partition coefficient (Wildman–Crippen LogP) is 0.553. The van der Waals surface area contributed by atoms with Gasteiger partial charge in [-0.2, -0.15) is 0 Å². The predicted molar refractivity (Wildman–Crippen MR) is 38.1 cm³/mol. The summed E-state index contributed by atoms with van der Waals surface area (Å²) in [5.41, 5.74) is 7.72. The van der Waals surface area contributed by atoms with Crippen molar-refractivity contribution >= 4 is 6.03 Å². The number of rotatable bonds is 4. The third-order valence-electron chi connectivity index (χ3n) is 0.804. The first-order valence-corrected chi connectivity index (χ1v) is 2.94. The van der Waals surface area contributed by atoms with E-state index < -0.39 is 6.03 Å². The molecule has 0 radical (unpaired) electrons. The van der Waals surface area contributed by atoms with Crippen LogP contribution in [0.4, 0.5) is 4.79 Å². The lowest BCUT2D eigenvalue weighted by molar-refractivity contribution is 0.0666. The van der Waals surface area contributed by atoms with Gasteiger partial charge in [0.25, 0.3) is 0 Å². The molecule has 3 N–H and O–H groups in total. The van der Waals surface area contributed by atoms with Crippen LogP contribution < -0.4 is 11.2 Å². The molecule has 0 fully saturated rings. The number of urea groups is 1. The van der Waals surface area contributed by atoms with E-state index in [0.717, 1.165) is 12.0 Å². The van der Waals surface area contributed by atoms with Gasteiger partial charge in [-0.3, -0.25) is 4.84 Å². The number of nitrogens with two attached hydrogens (primary N) is 1.